The molecular formula is C23H18N2O2. The van der Waals surface area contributed by atoms with Gasteiger partial charge in [0.25, 0.3) is 5.91 Å². The summed E-state index contributed by atoms with van der Waals surface area (Å²) in [6.45, 7) is 0.376. The van der Waals surface area contributed by atoms with Crippen molar-refractivity contribution in [2.45, 2.75) is 6.54 Å². The zero-order valence-electron chi connectivity index (χ0n) is 14.6. The summed E-state index contributed by atoms with van der Waals surface area (Å²) in [4.78, 5) is 16.8. The van der Waals surface area contributed by atoms with E-state index in [0.29, 0.717) is 12.1 Å². The predicted molar refractivity (Wildman–Crippen MR) is 107 cm³/mol. The maximum Gasteiger partial charge on any atom is 0.251 e. The lowest BCUT2D eigenvalue weighted by Gasteiger charge is -2.04. The molecule has 0 bridgehead atoms. The molecule has 0 aliphatic carbocycles. The van der Waals surface area contributed by atoms with Gasteiger partial charge in [0.2, 0.25) is 0 Å². The number of furan rings is 1. The summed E-state index contributed by atoms with van der Waals surface area (Å²) < 4.78 is 5.21. The van der Waals surface area contributed by atoms with Crippen molar-refractivity contribution in [1.82, 2.24) is 10.3 Å². The number of pyridine rings is 1. The van der Waals surface area contributed by atoms with Gasteiger partial charge < -0.3 is 9.73 Å². The minimum Gasteiger partial charge on any atom is -0.467 e. The van der Waals surface area contributed by atoms with Crippen LogP contribution in [0, 0.1) is 0 Å². The maximum atomic E-state index is 12.2. The summed E-state index contributed by atoms with van der Waals surface area (Å²) in [7, 11) is 0. The fourth-order valence-corrected chi connectivity index (χ4v) is 2.78. The molecule has 1 N–H and O–H groups in total. The Hall–Kier alpha value is -3.66. The summed E-state index contributed by atoms with van der Waals surface area (Å²) >= 11 is 0. The van der Waals surface area contributed by atoms with Crippen LogP contribution in [0.5, 0.6) is 0 Å². The van der Waals surface area contributed by atoms with Crippen LogP contribution in [0.1, 0.15) is 27.4 Å². The summed E-state index contributed by atoms with van der Waals surface area (Å²) in [5.74, 6) is 0.601. The van der Waals surface area contributed by atoms with Gasteiger partial charge >= 0.3 is 0 Å². The van der Waals surface area contributed by atoms with Crippen molar-refractivity contribution >= 4 is 29.0 Å². The maximum absolute atomic E-state index is 12.2. The topological polar surface area (TPSA) is 55.1 Å². The molecule has 0 unspecified atom stereocenters. The first kappa shape index (κ1) is 16.8. The van der Waals surface area contributed by atoms with Crippen molar-refractivity contribution in [2.75, 3.05) is 0 Å². The number of nitrogens with zero attached hydrogens (tertiary/aromatic N) is 1. The first-order valence-corrected chi connectivity index (χ1v) is 8.72. The highest BCUT2D eigenvalue weighted by molar-refractivity contribution is 5.94. The SMILES string of the molecule is O=C(NCc1ccco1)c1ccc(C=Cc2ccc3ccccc3n2)cc1. The number of hydrogen-bond donors (Lipinski definition) is 1. The second-order valence-corrected chi connectivity index (χ2v) is 6.15. The Bertz CT molecular complexity index is 1080. The van der Waals surface area contributed by atoms with Gasteiger partial charge in [-0.25, -0.2) is 4.98 Å². The molecule has 0 radical (unpaired) electrons. The second kappa shape index (κ2) is 7.70. The molecule has 4 heteroatoms. The van der Waals surface area contributed by atoms with Gasteiger partial charge in [0.1, 0.15) is 5.76 Å². The number of carbonyl (C=O) groups excluding carboxylic acids is 1. The van der Waals surface area contributed by atoms with Crippen molar-refractivity contribution in [2.24, 2.45) is 0 Å². The molecule has 0 aliphatic heterocycles. The lowest BCUT2D eigenvalue weighted by molar-refractivity contribution is 0.0948. The standard InChI is InChI=1S/C23H18N2O2/c26-23(24-16-21-5-3-15-27-21)19-10-7-17(8-11-19)9-13-20-14-12-18-4-1-2-6-22(18)25-20/h1-15H,16H2,(H,24,26). The molecule has 0 atom stereocenters. The predicted octanol–water partition coefficient (Wildman–Crippen LogP) is 4.93. The van der Waals surface area contributed by atoms with E-state index >= 15 is 0 Å². The highest BCUT2D eigenvalue weighted by atomic mass is 16.3. The summed E-state index contributed by atoms with van der Waals surface area (Å²) in [5, 5.41) is 3.96. The number of nitrogens with one attached hydrogen (secondary N) is 1. The number of para-hydroxylation sites is 1. The van der Waals surface area contributed by atoms with Crippen molar-refractivity contribution in [3.05, 3.63) is 102 Å². The van der Waals surface area contributed by atoms with Crippen LogP contribution in [0.4, 0.5) is 0 Å². The molecule has 0 fully saturated rings. The van der Waals surface area contributed by atoms with E-state index in [2.05, 4.69) is 16.4 Å². The molecule has 4 aromatic rings. The van der Waals surface area contributed by atoms with E-state index < -0.39 is 0 Å². The molecule has 1 amide bonds. The number of hydrogen-bond acceptors (Lipinski definition) is 3. The summed E-state index contributed by atoms with van der Waals surface area (Å²) in [6.07, 6.45) is 5.55. The molecule has 0 aliphatic rings. The van der Waals surface area contributed by atoms with Crippen LogP contribution in [0.3, 0.4) is 0 Å². The van der Waals surface area contributed by atoms with Crippen LogP contribution in [0.2, 0.25) is 0 Å². The number of amides is 1. The van der Waals surface area contributed by atoms with Gasteiger partial charge in [-0.3, -0.25) is 4.79 Å². The number of benzene rings is 2. The lowest BCUT2D eigenvalue weighted by atomic mass is 10.1. The molecule has 132 valence electrons. The first-order valence-electron chi connectivity index (χ1n) is 8.72. The monoisotopic (exact) mass is 354 g/mol. The fourth-order valence-electron chi connectivity index (χ4n) is 2.78. The molecule has 0 saturated heterocycles. The van der Waals surface area contributed by atoms with E-state index in [1.807, 2.05) is 72.8 Å². The molecule has 0 spiro atoms. The average Bonchev–Trinajstić information content (AvgIpc) is 3.24. The van der Waals surface area contributed by atoms with E-state index in [-0.39, 0.29) is 5.91 Å². The fraction of sp³-hybridized carbons (Fsp3) is 0.0435. The van der Waals surface area contributed by atoms with Crippen LogP contribution in [-0.4, -0.2) is 10.9 Å². The smallest absolute Gasteiger partial charge is 0.251 e. The molecule has 2 heterocycles. The third kappa shape index (κ3) is 4.12. The van der Waals surface area contributed by atoms with Gasteiger partial charge in [0.15, 0.2) is 0 Å². The third-order valence-electron chi connectivity index (χ3n) is 4.24. The highest BCUT2D eigenvalue weighted by Gasteiger charge is 2.05. The lowest BCUT2D eigenvalue weighted by Crippen LogP contribution is -2.22. The van der Waals surface area contributed by atoms with Gasteiger partial charge in [-0.15, -0.1) is 0 Å². The first-order chi connectivity index (χ1) is 13.3. The molecule has 2 aromatic heterocycles. The molecular weight excluding hydrogens is 336 g/mol. The Labute approximate surface area is 157 Å². The van der Waals surface area contributed by atoms with E-state index in [4.69, 9.17) is 4.42 Å². The van der Waals surface area contributed by atoms with E-state index in [1.54, 1.807) is 12.3 Å². The summed E-state index contributed by atoms with van der Waals surface area (Å²) in [6, 6.07) is 23.2. The largest absolute Gasteiger partial charge is 0.467 e. The number of aromatic nitrogens is 1. The quantitative estimate of drug-likeness (QED) is 0.553. The molecule has 4 rings (SSSR count). The van der Waals surface area contributed by atoms with E-state index in [9.17, 15) is 4.79 Å². The highest BCUT2D eigenvalue weighted by Crippen LogP contribution is 2.14. The molecule has 2 aromatic carbocycles. The zero-order valence-corrected chi connectivity index (χ0v) is 14.6. The van der Waals surface area contributed by atoms with Gasteiger partial charge in [0, 0.05) is 10.9 Å². The number of carbonyl (C=O) groups is 1. The summed E-state index contributed by atoms with van der Waals surface area (Å²) in [5.41, 5.74) is 3.49. The number of rotatable bonds is 5. The van der Waals surface area contributed by atoms with E-state index in [1.165, 1.54) is 0 Å². The van der Waals surface area contributed by atoms with Crippen molar-refractivity contribution in [3.63, 3.8) is 0 Å². The van der Waals surface area contributed by atoms with Gasteiger partial charge in [0.05, 0.1) is 24.0 Å². The zero-order chi connectivity index (χ0) is 18.5. The van der Waals surface area contributed by atoms with Gasteiger partial charge in [-0.2, -0.15) is 0 Å². The Balaban J connectivity index is 1.42. The van der Waals surface area contributed by atoms with E-state index in [0.717, 1.165) is 27.9 Å². The Morgan fingerprint density at radius 1 is 0.926 bits per heavy atom. The average molecular weight is 354 g/mol. The minimum absolute atomic E-state index is 0.127. The normalized spacial score (nSPS) is 11.1. The Morgan fingerprint density at radius 2 is 1.78 bits per heavy atom. The second-order valence-electron chi connectivity index (χ2n) is 6.15. The van der Waals surface area contributed by atoms with Gasteiger partial charge in [-0.1, -0.05) is 42.5 Å². The van der Waals surface area contributed by atoms with Crippen LogP contribution >= 0.6 is 0 Å². The van der Waals surface area contributed by atoms with Crippen molar-refractivity contribution in [1.29, 1.82) is 0 Å². The van der Waals surface area contributed by atoms with Crippen molar-refractivity contribution < 1.29 is 9.21 Å². The van der Waals surface area contributed by atoms with Crippen LogP contribution in [-0.2, 0) is 6.54 Å². The number of fused-ring (bicyclic) bond motifs is 1. The van der Waals surface area contributed by atoms with Crippen LogP contribution in [0.15, 0.2) is 83.5 Å². The van der Waals surface area contributed by atoms with Crippen LogP contribution in [0.25, 0.3) is 23.1 Å². The Morgan fingerprint density at radius 3 is 2.59 bits per heavy atom. The van der Waals surface area contributed by atoms with Gasteiger partial charge in [-0.05, 0) is 48.0 Å². The molecule has 0 saturated carbocycles. The molecule has 4 nitrogen and oxygen atoms in total. The molecule has 27 heavy (non-hydrogen) atoms. The minimum atomic E-state index is -0.127. The third-order valence-corrected chi connectivity index (χ3v) is 4.24. The van der Waals surface area contributed by atoms with Crippen molar-refractivity contribution in [3.8, 4) is 0 Å². The Kier molecular flexibility index (Phi) is 4.79. The van der Waals surface area contributed by atoms with Crippen LogP contribution < -0.4 is 5.32 Å².